The first-order valence-electron chi connectivity index (χ1n) is 7.11. The molecule has 0 aliphatic heterocycles. The number of aliphatic hydroxyl groups excluding tert-OH is 6. The van der Waals surface area contributed by atoms with Crippen LogP contribution in [0, 0.1) is 0 Å². The Hall–Kier alpha value is -0.131. The molecule has 32 heavy (non-hydrogen) atoms. The molecule has 0 spiro atoms. The first-order valence-corrected chi connectivity index (χ1v) is 7.11. The molecule has 0 saturated carbocycles. The molecule has 0 aliphatic rings. The van der Waals surface area contributed by atoms with Crippen LogP contribution in [0.15, 0.2) is 0 Å². The summed E-state index contributed by atoms with van der Waals surface area (Å²) in [5, 5.41) is 87.7. The van der Waals surface area contributed by atoms with Crippen LogP contribution in [0.25, 0.3) is 0 Å². The zero-order chi connectivity index (χ0) is 24.0. The second-order valence-corrected chi connectivity index (χ2v) is 4.45. The van der Waals surface area contributed by atoms with Crippen LogP contribution in [-0.2, 0) is 45.4 Å². The Labute approximate surface area is 232 Å². The van der Waals surface area contributed by atoms with E-state index >= 15 is 0 Å². The number of carboxylic acids is 4. The van der Waals surface area contributed by atoms with Gasteiger partial charge in [-0.15, -0.1) is 0 Å². The third-order valence-electron chi connectivity index (χ3n) is 1.51. The Bertz CT molecular complexity index is 356. The first kappa shape index (κ1) is 58.1. The average Bonchev–Trinajstić information content (AvgIpc) is 2.49. The summed E-state index contributed by atoms with van der Waals surface area (Å²) in [6, 6.07) is 0. The molecule has 0 rings (SSSR count). The van der Waals surface area contributed by atoms with E-state index in [1.54, 1.807) is 0 Å². The molecule has 0 radical (unpaired) electrons. The predicted octanol–water partition coefficient (Wildman–Crippen LogP) is -14.9. The van der Waals surface area contributed by atoms with Gasteiger partial charge in [-0.05, 0) is 27.7 Å². The fraction of sp³-hybridized carbons (Fsp3) is 0.714. The molecular weight excluding hydrogens is 579 g/mol. The number of carboxylic acid groups (broad SMARTS) is 4. The molecule has 0 aromatic rings. The van der Waals surface area contributed by atoms with Crippen molar-refractivity contribution in [2.45, 2.75) is 52.1 Å². The van der Waals surface area contributed by atoms with Gasteiger partial charge in [0.1, 0.15) is 24.4 Å². The molecule has 0 heterocycles. The molecule has 4 atom stereocenters. The van der Waals surface area contributed by atoms with Crippen LogP contribution in [0.2, 0.25) is 0 Å². The monoisotopic (exact) mass is 602 g/mol. The molecule has 0 saturated heterocycles. The van der Waals surface area contributed by atoms with E-state index in [2.05, 4.69) is 0 Å². The molecule has 0 fully saturated rings. The number of carbonyl (C=O) groups excluding carboxylic acids is 4. The van der Waals surface area contributed by atoms with E-state index in [4.69, 9.17) is 70.2 Å². The third-order valence-corrected chi connectivity index (χ3v) is 1.51. The van der Waals surface area contributed by atoms with Crippen molar-refractivity contribution in [1.29, 1.82) is 0 Å². The minimum absolute atomic E-state index is 0. The standard InChI is InChI=1S/C6H14O6.4C2H4O2.2ClH.Mg.Zr/c7-1-3(9)5(11)6(12)4(10)2-8;4*1-2(3)4;;;;/h3-12H,1-2H2;4*1H3,(H,3,4);2*1H;;/q;;;;;;;+2;+4/p-6/t3-,4-,5-,6-;;;;;;;;/m1......../s1. The van der Waals surface area contributed by atoms with Crippen molar-refractivity contribution in [3.8, 4) is 0 Å². The molecule has 0 amide bonds. The third kappa shape index (κ3) is 98.9. The van der Waals surface area contributed by atoms with Crippen LogP contribution in [0.1, 0.15) is 27.7 Å². The zero-order valence-corrected chi connectivity index (χ0v) is 23.0. The van der Waals surface area contributed by atoms with Gasteiger partial charge in [-0.3, -0.25) is 0 Å². The van der Waals surface area contributed by atoms with Gasteiger partial charge in [0.2, 0.25) is 0 Å². The van der Waals surface area contributed by atoms with E-state index in [1.807, 2.05) is 0 Å². The largest absolute Gasteiger partial charge is 4.00 e. The van der Waals surface area contributed by atoms with E-state index in [0.717, 1.165) is 27.7 Å². The van der Waals surface area contributed by atoms with Crippen LogP contribution in [-0.4, -0.2) is 115 Å². The summed E-state index contributed by atoms with van der Waals surface area (Å²) in [5.41, 5.74) is 0. The number of halogens is 2. The summed E-state index contributed by atoms with van der Waals surface area (Å²) in [7, 11) is 0. The van der Waals surface area contributed by atoms with E-state index in [9.17, 15) is 0 Å². The molecule has 0 unspecified atom stereocenters. The molecule has 14 nitrogen and oxygen atoms in total. The van der Waals surface area contributed by atoms with E-state index in [-0.39, 0.29) is 74.1 Å². The molecular formula is C14H26Cl2MgO14Zr. The number of carbonyl (C=O) groups is 4. The molecule has 0 aliphatic carbocycles. The maximum atomic E-state index is 8.96. The molecule has 186 valence electrons. The Kier molecular flexibility index (Phi) is 74.7. The summed E-state index contributed by atoms with van der Waals surface area (Å²) in [6.45, 7) is 2.44. The maximum Gasteiger partial charge on any atom is 4.00 e. The molecule has 0 aromatic carbocycles. The second kappa shape index (κ2) is 41.2. The van der Waals surface area contributed by atoms with Crippen LogP contribution in [0.3, 0.4) is 0 Å². The number of aliphatic hydroxyl groups is 6. The van der Waals surface area contributed by atoms with Crippen molar-refractivity contribution in [2.75, 3.05) is 13.2 Å². The summed E-state index contributed by atoms with van der Waals surface area (Å²) in [4.78, 5) is 35.6. The normalized spacial score (nSPS) is 11.2. The second-order valence-electron chi connectivity index (χ2n) is 4.45. The van der Waals surface area contributed by atoms with Gasteiger partial charge in [-0.1, -0.05) is 0 Å². The summed E-state index contributed by atoms with van der Waals surface area (Å²) in [6.07, 6.45) is -6.39. The van der Waals surface area contributed by atoms with Crippen molar-refractivity contribution in [1.82, 2.24) is 0 Å². The zero-order valence-electron chi connectivity index (χ0n) is 17.6. The van der Waals surface area contributed by atoms with Gasteiger partial charge in [0.25, 0.3) is 0 Å². The SMILES string of the molecule is CC(=O)[O-].CC(=O)[O-].CC(=O)[O-].CC(=O)[O-].OC[C@@H](O)[C@@H](O)[C@H](O)[C@H](O)CO.[Cl-].[Cl-].[Mg+2].[Zr+4]. The van der Waals surface area contributed by atoms with Gasteiger partial charge in [-0.25, -0.2) is 0 Å². The fourth-order valence-electron chi connectivity index (χ4n) is 0.671. The fourth-order valence-corrected chi connectivity index (χ4v) is 0.671. The predicted molar refractivity (Wildman–Crippen MR) is 86.7 cm³/mol. The Balaban J connectivity index is -0.0000000322. The van der Waals surface area contributed by atoms with Crippen LogP contribution < -0.4 is 45.2 Å². The molecule has 6 N–H and O–H groups in total. The summed E-state index contributed by atoms with van der Waals surface area (Å²) >= 11 is 0. The van der Waals surface area contributed by atoms with Crippen LogP contribution in [0.5, 0.6) is 0 Å². The number of rotatable bonds is 5. The Morgan fingerprint density at radius 1 is 0.594 bits per heavy atom. The maximum absolute atomic E-state index is 8.96. The van der Waals surface area contributed by atoms with Crippen molar-refractivity contribution < 1.29 is 121 Å². The average molecular weight is 605 g/mol. The molecule has 0 aromatic heterocycles. The molecule has 0 bridgehead atoms. The summed E-state index contributed by atoms with van der Waals surface area (Å²) < 4.78 is 0. The Morgan fingerprint density at radius 3 is 0.750 bits per heavy atom. The summed E-state index contributed by atoms with van der Waals surface area (Å²) in [5.74, 6) is -4.33. The van der Waals surface area contributed by atoms with E-state index in [0.29, 0.717) is 0 Å². The van der Waals surface area contributed by atoms with Gasteiger partial charge < -0.3 is 95.1 Å². The van der Waals surface area contributed by atoms with Crippen molar-refractivity contribution in [3.05, 3.63) is 0 Å². The quantitative estimate of drug-likeness (QED) is 0.159. The van der Waals surface area contributed by atoms with Crippen molar-refractivity contribution in [3.63, 3.8) is 0 Å². The number of hydrogen-bond acceptors (Lipinski definition) is 14. The van der Waals surface area contributed by atoms with Crippen molar-refractivity contribution in [2.24, 2.45) is 0 Å². The smallest absolute Gasteiger partial charge is 1.00 e. The topological polar surface area (TPSA) is 282 Å². The minimum Gasteiger partial charge on any atom is -1.00 e. The van der Waals surface area contributed by atoms with Crippen molar-refractivity contribution >= 4 is 46.9 Å². The van der Waals surface area contributed by atoms with Gasteiger partial charge in [0.05, 0.1) is 13.2 Å². The number of hydrogen-bond donors (Lipinski definition) is 6. The van der Waals surface area contributed by atoms with Gasteiger partial charge in [0, 0.05) is 23.9 Å². The molecule has 18 heteroatoms. The van der Waals surface area contributed by atoms with Gasteiger partial charge >= 0.3 is 49.3 Å². The number of aliphatic carboxylic acids is 4. The van der Waals surface area contributed by atoms with Gasteiger partial charge in [0.15, 0.2) is 0 Å². The van der Waals surface area contributed by atoms with E-state index in [1.165, 1.54) is 0 Å². The Morgan fingerprint density at radius 2 is 0.688 bits per heavy atom. The minimum atomic E-state index is -1.67. The van der Waals surface area contributed by atoms with E-state index < -0.39 is 61.5 Å². The van der Waals surface area contributed by atoms with Crippen LogP contribution in [0.4, 0.5) is 0 Å². The van der Waals surface area contributed by atoms with Gasteiger partial charge in [-0.2, -0.15) is 0 Å². The first-order chi connectivity index (χ1) is 12.5. The van der Waals surface area contributed by atoms with Crippen LogP contribution >= 0.6 is 0 Å².